The van der Waals surface area contributed by atoms with Gasteiger partial charge in [-0.25, -0.2) is 18.1 Å². The maximum atomic E-state index is 11.9. The quantitative estimate of drug-likeness (QED) is 0.918. The van der Waals surface area contributed by atoms with Crippen LogP contribution in [0.3, 0.4) is 0 Å². The Morgan fingerprint density at radius 1 is 1.37 bits per heavy atom. The average molecular weight is 298 g/mol. The molecular formula is C12H14N2O3S2. The summed E-state index contributed by atoms with van der Waals surface area (Å²) in [5, 5.41) is 0. The van der Waals surface area contributed by atoms with Crippen molar-refractivity contribution in [2.75, 3.05) is 13.7 Å². The number of hydrogen-bond acceptors (Lipinski definition) is 5. The van der Waals surface area contributed by atoms with Crippen molar-refractivity contribution in [2.45, 2.75) is 11.1 Å². The third-order valence-electron chi connectivity index (χ3n) is 2.41. The van der Waals surface area contributed by atoms with E-state index in [0.717, 1.165) is 10.4 Å². The van der Waals surface area contributed by atoms with Gasteiger partial charge in [-0.05, 0) is 24.3 Å². The van der Waals surface area contributed by atoms with Gasteiger partial charge in [0.05, 0.1) is 12.7 Å². The Morgan fingerprint density at radius 2 is 2.16 bits per heavy atom. The van der Waals surface area contributed by atoms with E-state index >= 15 is 0 Å². The van der Waals surface area contributed by atoms with Crippen molar-refractivity contribution in [3.63, 3.8) is 0 Å². The summed E-state index contributed by atoms with van der Waals surface area (Å²) < 4.78 is 31.7. The molecule has 5 nitrogen and oxygen atoms in total. The van der Waals surface area contributed by atoms with Crippen LogP contribution < -0.4 is 9.46 Å². The Bertz CT molecular complexity index is 665. The molecule has 0 saturated carbocycles. The molecule has 19 heavy (non-hydrogen) atoms. The second-order valence-electron chi connectivity index (χ2n) is 3.68. The molecule has 1 N–H and O–H groups in total. The monoisotopic (exact) mass is 298 g/mol. The molecule has 2 aromatic rings. The van der Waals surface area contributed by atoms with E-state index < -0.39 is 10.0 Å². The summed E-state index contributed by atoms with van der Waals surface area (Å²) in [5.74, 6) is 0.483. The molecule has 2 heterocycles. The Morgan fingerprint density at radius 3 is 2.84 bits per heavy atom. The topological polar surface area (TPSA) is 68.3 Å². The van der Waals surface area contributed by atoms with Gasteiger partial charge in [-0.2, -0.15) is 0 Å². The van der Waals surface area contributed by atoms with Crippen LogP contribution in [-0.2, 0) is 10.0 Å². The van der Waals surface area contributed by atoms with E-state index in [0.29, 0.717) is 12.4 Å². The summed E-state index contributed by atoms with van der Waals surface area (Å²) in [4.78, 5) is 4.91. The van der Waals surface area contributed by atoms with Gasteiger partial charge < -0.3 is 4.74 Å². The van der Waals surface area contributed by atoms with Gasteiger partial charge in [0.15, 0.2) is 0 Å². The third-order valence-corrected chi connectivity index (χ3v) is 5.57. The van der Waals surface area contributed by atoms with Gasteiger partial charge in [0, 0.05) is 17.6 Å². The average Bonchev–Trinajstić information content (AvgIpc) is 2.89. The molecular weight excluding hydrogens is 284 g/mol. The molecule has 0 saturated heterocycles. The fourth-order valence-electron chi connectivity index (χ4n) is 1.61. The van der Waals surface area contributed by atoms with E-state index in [-0.39, 0.29) is 4.21 Å². The number of methoxy groups -OCH3 is 1. The van der Waals surface area contributed by atoms with Crippen LogP contribution in [-0.4, -0.2) is 27.1 Å². The van der Waals surface area contributed by atoms with Crippen LogP contribution in [0.2, 0.25) is 0 Å². The zero-order valence-corrected chi connectivity index (χ0v) is 12.2. The summed E-state index contributed by atoms with van der Waals surface area (Å²) in [5.41, 5.74) is 0.785. The number of pyridine rings is 1. The molecule has 0 unspecified atom stereocenters. The van der Waals surface area contributed by atoms with Crippen LogP contribution in [0.5, 0.6) is 5.88 Å². The number of nitrogens with zero attached hydrogens (tertiary/aromatic N) is 1. The molecule has 0 aliphatic carbocycles. The van der Waals surface area contributed by atoms with E-state index in [1.165, 1.54) is 18.4 Å². The van der Waals surface area contributed by atoms with Crippen molar-refractivity contribution in [2.24, 2.45) is 0 Å². The minimum Gasteiger partial charge on any atom is -0.481 e. The number of thiophene rings is 1. The predicted molar refractivity (Wildman–Crippen MR) is 75.0 cm³/mol. The number of ether oxygens (including phenoxy) is 1. The molecule has 102 valence electrons. The van der Waals surface area contributed by atoms with Gasteiger partial charge in [-0.1, -0.05) is 6.92 Å². The number of hydrogen-bond donors (Lipinski definition) is 1. The highest BCUT2D eigenvalue weighted by molar-refractivity contribution is 7.91. The molecule has 2 aromatic heterocycles. The predicted octanol–water partition coefficient (Wildman–Crippen LogP) is 2.12. The van der Waals surface area contributed by atoms with E-state index in [1.807, 2.05) is 6.07 Å². The summed E-state index contributed by atoms with van der Waals surface area (Å²) >= 11 is 1.19. The fourth-order valence-corrected chi connectivity index (χ4v) is 4.02. The fraction of sp³-hybridized carbons (Fsp3) is 0.250. The van der Waals surface area contributed by atoms with Crippen LogP contribution in [0.15, 0.2) is 34.7 Å². The van der Waals surface area contributed by atoms with Gasteiger partial charge in [-0.3, -0.25) is 0 Å². The highest BCUT2D eigenvalue weighted by Gasteiger charge is 2.17. The molecule has 2 rings (SSSR count). The van der Waals surface area contributed by atoms with Crippen LogP contribution in [0.1, 0.15) is 6.92 Å². The summed E-state index contributed by atoms with van der Waals surface area (Å²) in [6.07, 6.45) is 1.63. The van der Waals surface area contributed by atoms with Crippen molar-refractivity contribution in [1.29, 1.82) is 0 Å². The molecule has 0 fully saturated rings. The molecule has 0 bridgehead atoms. The summed E-state index contributed by atoms with van der Waals surface area (Å²) in [6.45, 7) is 2.11. The van der Waals surface area contributed by atoms with E-state index in [2.05, 4.69) is 9.71 Å². The van der Waals surface area contributed by atoms with E-state index in [1.54, 1.807) is 31.3 Å². The highest BCUT2D eigenvalue weighted by atomic mass is 32.2. The van der Waals surface area contributed by atoms with Crippen molar-refractivity contribution in [3.05, 3.63) is 30.5 Å². The lowest BCUT2D eigenvalue weighted by molar-refractivity contribution is 0.400. The molecule has 0 aromatic carbocycles. The Balaban J connectivity index is 2.42. The molecule has 0 spiro atoms. The Kier molecular flexibility index (Phi) is 4.18. The summed E-state index contributed by atoms with van der Waals surface area (Å²) in [7, 11) is -1.87. The van der Waals surface area contributed by atoms with Gasteiger partial charge in [0.25, 0.3) is 0 Å². The van der Waals surface area contributed by atoms with Crippen LogP contribution >= 0.6 is 11.3 Å². The molecule has 7 heteroatoms. The lowest BCUT2D eigenvalue weighted by Gasteiger charge is -2.04. The maximum Gasteiger partial charge on any atom is 0.250 e. The molecule has 0 atom stereocenters. The number of sulfonamides is 1. The molecule has 0 radical (unpaired) electrons. The first-order chi connectivity index (χ1) is 9.08. The first-order valence-corrected chi connectivity index (χ1v) is 7.97. The van der Waals surface area contributed by atoms with Crippen LogP contribution in [0.25, 0.3) is 10.4 Å². The first kappa shape index (κ1) is 14.0. The largest absolute Gasteiger partial charge is 0.481 e. The Hall–Kier alpha value is -1.44. The van der Waals surface area contributed by atoms with Crippen molar-refractivity contribution >= 4 is 21.4 Å². The maximum absolute atomic E-state index is 11.9. The van der Waals surface area contributed by atoms with Gasteiger partial charge >= 0.3 is 0 Å². The van der Waals surface area contributed by atoms with Crippen molar-refractivity contribution < 1.29 is 13.2 Å². The van der Waals surface area contributed by atoms with Gasteiger partial charge in [-0.15, -0.1) is 11.3 Å². The van der Waals surface area contributed by atoms with Gasteiger partial charge in [0.2, 0.25) is 15.9 Å². The lowest BCUT2D eigenvalue weighted by Crippen LogP contribution is -2.22. The normalized spacial score (nSPS) is 11.5. The second-order valence-corrected chi connectivity index (χ2v) is 6.76. The van der Waals surface area contributed by atoms with Crippen LogP contribution in [0, 0.1) is 0 Å². The highest BCUT2D eigenvalue weighted by Crippen LogP contribution is 2.34. The number of aromatic nitrogens is 1. The van der Waals surface area contributed by atoms with Gasteiger partial charge in [0.1, 0.15) is 4.21 Å². The minimum absolute atomic E-state index is 0.287. The van der Waals surface area contributed by atoms with Crippen LogP contribution in [0.4, 0.5) is 0 Å². The van der Waals surface area contributed by atoms with E-state index in [9.17, 15) is 8.42 Å². The smallest absolute Gasteiger partial charge is 0.250 e. The first-order valence-electron chi connectivity index (χ1n) is 5.67. The van der Waals surface area contributed by atoms with E-state index in [4.69, 9.17) is 4.74 Å². The lowest BCUT2D eigenvalue weighted by atomic mass is 10.2. The SMILES string of the molecule is CCNS(=O)(=O)c1ccc(-c2cccnc2OC)s1. The third kappa shape index (κ3) is 2.94. The van der Waals surface area contributed by atoms with Crippen molar-refractivity contribution in [1.82, 2.24) is 9.71 Å². The molecule has 0 amide bonds. The standard InChI is InChI=1S/C12H14N2O3S2/c1-3-14-19(15,16)11-7-6-10(18-11)9-5-4-8-13-12(9)17-2/h4-8,14H,3H2,1-2H3. The molecule has 0 aliphatic heterocycles. The number of rotatable bonds is 5. The van der Waals surface area contributed by atoms with Crippen molar-refractivity contribution in [3.8, 4) is 16.3 Å². The zero-order valence-electron chi connectivity index (χ0n) is 10.6. The molecule has 0 aliphatic rings. The Labute approximate surface area is 116 Å². The summed E-state index contributed by atoms with van der Waals surface area (Å²) in [6, 6.07) is 6.98. The second kappa shape index (κ2) is 5.68. The minimum atomic E-state index is -3.41. The zero-order chi connectivity index (χ0) is 13.9. The number of nitrogens with one attached hydrogen (secondary N) is 1.